The number of nitrogens with zero attached hydrogens (tertiary/aromatic N) is 4. The maximum atomic E-state index is 5.94. The zero-order valence-electron chi connectivity index (χ0n) is 28.8. The van der Waals surface area contributed by atoms with Crippen molar-refractivity contribution >= 4 is 35.4 Å². The van der Waals surface area contributed by atoms with E-state index in [4.69, 9.17) is 31.4 Å². The van der Waals surface area contributed by atoms with Gasteiger partial charge in [-0.2, -0.15) is 0 Å². The number of thioether (sulfide) groups is 2. The molecule has 2 aromatic heterocycles. The van der Waals surface area contributed by atoms with Gasteiger partial charge in [0.15, 0.2) is 0 Å². The van der Waals surface area contributed by atoms with Gasteiger partial charge < -0.3 is 22.1 Å². The van der Waals surface area contributed by atoms with Crippen LogP contribution < -0.4 is 22.1 Å². The molecule has 6 N–H and O–H groups in total. The van der Waals surface area contributed by atoms with Crippen LogP contribution in [0.4, 0.5) is 11.9 Å². The molecule has 1 aliphatic rings. The number of nitrogens with one attached hydrogen (secondary N) is 2. The topological polar surface area (TPSA) is 128 Å². The van der Waals surface area contributed by atoms with Crippen molar-refractivity contribution in [2.24, 2.45) is 23.3 Å². The zero-order chi connectivity index (χ0) is 33.9. The Kier molecular flexibility index (Phi) is 13.5. The van der Waals surface area contributed by atoms with Crippen LogP contribution in [0.25, 0.3) is 0 Å². The van der Waals surface area contributed by atoms with E-state index in [0.717, 1.165) is 58.9 Å². The second kappa shape index (κ2) is 18.0. The number of rotatable bonds is 18. The number of nitrogens with two attached hydrogens (primary N) is 2. The van der Waals surface area contributed by atoms with E-state index in [1.165, 1.54) is 11.1 Å². The lowest BCUT2D eigenvalue weighted by atomic mass is 9.50. The summed E-state index contributed by atoms with van der Waals surface area (Å²) in [4.78, 5) is 20.3. The minimum Gasteiger partial charge on any atom is -0.354 e. The van der Waals surface area contributed by atoms with Crippen molar-refractivity contribution in [3.05, 3.63) is 95.3 Å². The standard InChI is InChI=1S/C38H52N8S2/c1-25(2)15-19-41-37-43-29(23-31(45-37)47-21-17-39)35-33(27-11-7-5-8-12-27)36(34(35)28-13-9-6-10-14-28)30-24-32(48-22-18-40)46-38(44-30)42-20-16-26(3)4/h5-14,23-26,33-36H,15-22,39-40H2,1-4H3,(H,41,43,45)(H,42,44,46). The SMILES string of the molecule is CC(C)CCNc1nc(SCCN)cc(C2C(c3ccccc3)C(c3cc(SCCN)nc(NCCC(C)C)n3)C2c2ccccc2)n1. The van der Waals surface area contributed by atoms with Crippen molar-refractivity contribution in [3.63, 3.8) is 0 Å². The summed E-state index contributed by atoms with van der Waals surface area (Å²) in [7, 11) is 0. The van der Waals surface area contributed by atoms with Crippen molar-refractivity contribution in [1.82, 2.24) is 19.9 Å². The lowest BCUT2D eigenvalue weighted by Crippen LogP contribution is -2.41. The summed E-state index contributed by atoms with van der Waals surface area (Å²) in [5.41, 5.74) is 16.5. The normalized spacial score (nSPS) is 19.0. The summed E-state index contributed by atoms with van der Waals surface area (Å²) in [6.45, 7) is 11.8. The third kappa shape index (κ3) is 9.49. The Balaban J connectivity index is 1.63. The van der Waals surface area contributed by atoms with Crippen LogP contribution in [0.2, 0.25) is 0 Å². The molecule has 1 fully saturated rings. The Morgan fingerprint density at radius 2 is 0.979 bits per heavy atom. The minimum absolute atomic E-state index is 0.109. The molecule has 2 aromatic carbocycles. The van der Waals surface area contributed by atoms with Gasteiger partial charge in [-0.1, -0.05) is 88.4 Å². The van der Waals surface area contributed by atoms with E-state index < -0.39 is 0 Å². The molecule has 48 heavy (non-hydrogen) atoms. The van der Waals surface area contributed by atoms with Crippen LogP contribution in [-0.4, -0.2) is 57.6 Å². The van der Waals surface area contributed by atoms with Gasteiger partial charge in [-0.25, -0.2) is 19.9 Å². The quantitative estimate of drug-likeness (QED) is 0.0611. The van der Waals surface area contributed by atoms with Gasteiger partial charge in [0.25, 0.3) is 0 Å². The molecular weight excluding hydrogens is 633 g/mol. The summed E-state index contributed by atoms with van der Waals surface area (Å²) >= 11 is 3.39. The molecule has 0 atom stereocenters. The second-order valence-electron chi connectivity index (χ2n) is 13.3. The average molecular weight is 685 g/mol. The first-order chi connectivity index (χ1) is 23.4. The number of hydrogen-bond acceptors (Lipinski definition) is 10. The number of aromatic nitrogens is 4. The number of anilines is 2. The molecule has 0 radical (unpaired) electrons. The lowest BCUT2D eigenvalue weighted by molar-refractivity contribution is 0.219. The molecule has 1 saturated carbocycles. The predicted octanol–water partition coefficient (Wildman–Crippen LogP) is 7.73. The van der Waals surface area contributed by atoms with Gasteiger partial charge in [-0.15, -0.1) is 23.5 Å². The Hall–Kier alpha value is -3.18. The molecule has 10 heteroatoms. The molecule has 2 heterocycles. The highest BCUT2D eigenvalue weighted by atomic mass is 32.2. The third-order valence-corrected chi connectivity index (χ3v) is 10.7. The summed E-state index contributed by atoms with van der Waals surface area (Å²) in [6, 6.07) is 26.2. The molecule has 0 spiro atoms. The van der Waals surface area contributed by atoms with Gasteiger partial charge >= 0.3 is 0 Å². The summed E-state index contributed by atoms with van der Waals surface area (Å²) in [6.07, 6.45) is 2.10. The van der Waals surface area contributed by atoms with Gasteiger partial charge in [0.05, 0.1) is 11.4 Å². The third-order valence-electron chi connectivity index (χ3n) is 8.79. The van der Waals surface area contributed by atoms with Crippen molar-refractivity contribution in [1.29, 1.82) is 0 Å². The number of hydrogen-bond donors (Lipinski definition) is 4. The van der Waals surface area contributed by atoms with Crippen molar-refractivity contribution in [2.45, 2.75) is 74.3 Å². The molecular formula is C38H52N8S2. The van der Waals surface area contributed by atoms with Gasteiger partial charge in [-0.3, -0.25) is 0 Å². The second-order valence-corrected chi connectivity index (χ2v) is 15.6. The van der Waals surface area contributed by atoms with Gasteiger partial charge in [0, 0.05) is 61.4 Å². The molecule has 8 nitrogen and oxygen atoms in total. The van der Waals surface area contributed by atoms with Crippen LogP contribution in [0.15, 0.2) is 82.8 Å². The monoisotopic (exact) mass is 684 g/mol. The largest absolute Gasteiger partial charge is 0.354 e. The molecule has 0 saturated heterocycles. The summed E-state index contributed by atoms with van der Waals surface area (Å²) < 4.78 is 0. The van der Waals surface area contributed by atoms with Crippen LogP contribution in [0.5, 0.6) is 0 Å². The van der Waals surface area contributed by atoms with Crippen LogP contribution in [0.3, 0.4) is 0 Å². The smallest absolute Gasteiger partial charge is 0.223 e. The Labute approximate surface area is 295 Å². The van der Waals surface area contributed by atoms with Gasteiger partial charge in [0.2, 0.25) is 11.9 Å². The van der Waals surface area contributed by atoms with Gasteiger partial charge in [-0.05, 0) is 47.9 Å². The van der Waals surface area contributed by atoms with E-state index in [1.807, 2.05) is 0 Å². The average Bonchev–Trinajstić information content (AvgIpc) is 3.06. The van der Waals surface area contributed by atoms with E-state index in [9.17, 15) is 0 Å². The molecule has 256 valence electrons. The van der Waals surface area contributed by atoms with E-state index in [2.05, 4.69) is 111 Å². The van der Waals surface area contributed by atoms with Crippen LogP contribution in [0, 0.1) is 11.8 Å². The van der Waals surface area contributed by atoms with E-state index in [-0.39, 0.29) is 23.7 Å². The van der Waals surface area contributed by atoms with Crippen molar-refractivity contribution < 1.29 is 0 Å². The summed E-state index contributed by atoms with van der Waals surface area (Å²) in [5.74, 6) is 4.68. The molecule has 0 amide bonds. The summed E-state index contributed by atoms with van der Waals surface area (Å²) in [5, 5.41) is 9.00. The lowest BCUT2D eigenvalue weighted by Gasteiger charge is -2.52. The van der Waals surface area contributed by atoms with E-state index >= 15 is 0 Å². The van der Waals surface area contributed by atoms with Gasteiger partial charge in [0.1, 0.15) is 10.1 Å². The molecule has 0 bridgehead atoms. The molecule has 0 unspecified atom stereocenters. The number of benzene rings is 2. The predicted molar refractivity (Wildman–Crippen MR) is 203 cm³/mol. The van der Waals surface area contributed by atoms with Crippen molar-refractivity contribution in [2.75, 3.05) is 48.3 Å². The maximum absolute atomic E-state index is 5.94. The van der Waals surface area contributed by atoms with Crippen LogP contribution in [-0.2, 0) is 0 Å². The zero-order valence-corrected chi connectivity index (χ0v) is 30.4. The molecule has 4 aromatic rings. The van der Waals surface area contributed by atoms with E-state index in [1.54, 1.807) is 23.5 Å². The molecule has 1 aliphatic carbocycles. The fourth-order valence-corrected chi connectivity index (χ4v) is 7.83. The molecule has 0 aliphatic heterocycles. The fraction of sp³-hybridized carbons (Fsp3) is 0.474. The van der Waals surface area contributed by atoms with Crippen LogP contribution in [0.1, 0.15) is 86.7 Å². The highest BCUT2D eigenvalue weighted by Gasteiger charge is 2.54. The highest BCUT2D eigenvalue weighted by molar-refractivity contribution is 7.99. The Bertz CT molecular complexity index is 1430. The fourth-order valence-electron chi connectivity index (χ4n) is 6.47. The van der Waals surface area contributed by atoms with Crippen LogP contribution >= 0.6 is 23.5 Å². The first-order valence-corrected chi connectivity index (χ1v) is 19.4. The Morgan fingerprint density at radius 3 is 1.33 bits per heavy atom. The maximum Gasteiger partial charge on any atom is 0.223 e. The highest BCUT2D eigenvalue weighted by Crippen LogP contribution is 2.66. The van der Waals surface area contributed by atoms with E-state index in [0.29, 0.717) is 36.8 Å². The van der Waals surface area contributed by atoms with Crippen molar-refractivity contribution in [3.8, 4) is 0 Å². The Morgan fingerprint density at radius 1 is 0.583 bits per heavy atom. The first kappa shape index (κ1) is 36.1. The minimum atomic E-state index is 0.109. The molecule has 5 rings (SSSR count). The first-order valence-electron chi connectivity index (χ1n) is 17.4.